The van der Waals surface area contributed by atoms with Crippen LogP contribution in [0.5, 0.6) is 0 Å². The van der Waals surface area contributed by atoms with Crippen LogP contribution in [0.1, 0.15) is 24.5 Å². The standard InChI is InChI=1S/C16H15ClN2O/c1-2-16(11-6-4-3-5-7-11)13-9-8-12(17)10-14(13)19(20)15(16)18/h3-10,18,20H,2H2,1H3. The van der Waals surface area contributed by atoms with Gasteiger partial charge in [0, 0.05) is 5.02 Å². The molecule has 0 saturated heterocycles. The van der Waals surface area contributed by atoms with Crippen molar-refractivity contribution in [3.8, 4) is 0 Å². The fourth-order valence-electron chi connectivity index (χ4n) is 3.05. The number of hydroxylamine groups is 1. The van der Waals surface area contributed by atoms with Crippen molar-refractivity contribution in [3.63, 3.8) is 0 Å². The number of hydrogen-bond acceptors (Lipinski definition) is 2. The van der Waals surface area contributed by atoms with Crippen molar-refractivity contribution in [2.24, 2.45) is 0 Å². The Kier molecular flexibility index (Phi) is 3.04. The van der Waals surface area contributed by atoms with Gasteiger partial charge in [-0.05, 0) is 29.7 Å². The molecule has 4 heteroatoms. The van der Waals surface area contributed by atoms with E-state index in [-0.39, 0.29) is 5.84 Å². The number of benzene rings is 2. The van der Waals surface area contributed by atoms with Gasteiger partial charge in [0.15, 0.2) is 0 Å². The zero-order valence-corrected chi connectivity index (χ0v) is 11.9. The highest BCUT2D eigenvalue weighted by Gasteiger charge is 2.48. The third-order valence-corrected chi connectivity index (χ3v) is 4.30. The fraction of sp³-hybridized carbons (Fsp3) is 0.188. The first-order valence-corrected chi connectivity index (χ1v) is 6.92. The second-order valence-electron chi connectivity index (χ2n) is 4.95. The van der Waals surface area contributed by atoms with E-state index in [1.54, 1.807) is 12.1 Å². The summed E-state index contributed by atoms with van der Waals surface area (Å²) in [5, 5.41) is 20.1. The predicted molar refractivity (Wildman–Crippen MR) is 81.0 cm³/mol. The molecule has 0 fully saturated rings. The second-order valence-corrected chi connectivity index (χ2v) is 5.38. The van der Waals surface area contributed by atoms with Crippen LogP contribution >= 0.6 is 11.6 Å². The Balaban J connectivity index is 2.30. The van der Waals surface area contributed by atoms with Crippen LogP contribution in [-0.4, -0.2) is 11.0 Å². The van der Waals surface area contributed by atoms with Crippen molar-refractivity contribution in [2.75, 3.05) is 5.06 Å². The Morgan fingerprint density at radius 3 is 2.55 bits per heavy atom. The lowest BCUT2D eigenvalue weighted by molar-refractivity contribution is 0.310. The maximum Gasteiger partial charge on any atom is 0.142 e. The summed E-state index contributed by atoms with van der Waals surface area (Å²) < 4.78 is 0. The van der Waals surface area contributed by atoms with E-state index in [1.807, 2.05) is 43.3 Å². The molecule has 1 aliphatic heterocycles. The Morgan fingerprint density at radius 1 is 1.20 bits per heavy atom. The van der Waals surface area contributed by atoms with Crippen molar-refractivity contribution in [1.29, 1.82) is 5.41 Å². The molecule has 102 valence electrons. The molecule has 2 N–H and O–H groups in total. The van der Waals surface area contributed by atoms with E-state index in [0.29, 0.717) is 17.1 Å². The molecule has 3 nitrogen and oxygen atoms in total. The topological polar surface area (TPSA) is 47.3 Å². The lowest BCUT2D eigenvalue weighted by atomic mass is 9.73. The Bertz CT molecular complexity index is 671. The summed E-state index contributed by atoms with van der Waals surface area (Å²) in [4.78, 5) is 0. The Morgan fingerprint density at radius 2 is 1.90 bits per heavy atom. The van der Waals surface area contributed by atoms with Gasteiger partial charge < -0.3 is 0 Å². The highest BCUT2D eigenvalue weighted by molar-refractivity contribution is 6.31. The van der Waals surface area contributed by atoms with Crippen molar-refractivity contribution in [1.82, 2.24) is 0 Å². The lowest BCUT2D eigenvalue weighted by Gasteiger charge is -2.29. The molecule has 0 bridgehead atoms. The van der Waals surface area contributed by atoms with Crippen LogP contribution in [0.2, 0.25) is 5.02 Å². The minimum absolute atomic E-state index is 0.170. The molecule has 1 unspecified atom stereocenters. The second kappa shape index (κ2) is 4.62. The first kappa shape index (κ1) is 13.2. The van der Waals surface area contributed by atoms with E-state index in [1.165, 1.54) is 0 Å². The molecule has 2 aromatic rings. The van der Waals surface area contributed by atoms with Crippen LogP contribution < -0.4 is 5.06 Å². The molecule has 1 atom stereocenters. The van der Waals surface area contributed by atoms with Gasteiger partial charge in [-0.1, -0.05) is 54.9 Å². The van der Waals surface area contributed by atoms with Gasteiger partial charge in [-0.2, -0.15) is 0 Å². The van der Waals surface area contributed by atoms with Crippen LogP contribution in [-0.2, 0) is 5.41 Å². The van der Waals surface area contributed by atoms with Gasteiger partial charge in [-0.15, -0.1) is 0 Å². The molecule has 2 aromatic carbocycles. The normalized spacial score (nSPS) is 21.1. The predicted octanol–water partition coefficient (Wildman–Crippen LogP) is 4.22. The molecular formula is C16H15ClN2O. The fourth-order valence-corrected chi connectivity index (χ4v) is 3.21. The van der Waals surface area contributed by atoms with Crippen molar-refractivity contribution in [2.45, 2.75) is 18.8 Å². The third kappa shape index (κ3) is 1.60. The quantitative estimate of drug-likeness (QED) is 0.868. The summed E-state index contributed by atoms with van der Waals surface area (Å²) in [6.45, 7) is 2.03. The molecule has 0 amide bonds. The third-order valence-electron chi connectivity index (χ3n) is 4.06. The molecule has 3 rings (SSSR count). The van der Waals surface area contributed by atoms with E-state index in [9.17, 15) is 5.21 Å². The van der Waals surface area contributed by atoms with Crippen molar-refractivity contribution in [3.05, 3.63) is 64.7 Å². The molecule has 0 saturated carbocycles. The SMILES string of the molecule is CCC1(c2ccccc2)C(=N)N(O)c2cc(Cl)ccc21. The monoisotopic (exact) mass is 286 g/mol. The Hall–Kier alpha value is -1.84. The number of amidine groups is 1. The van der Waals surface area contributed by atoms with Crippen molar-refractivity contribution >= 4 is 23.1 Å². The summed E-state index contributed by atoms with van der Waals surface area (Å²) in [7, 11) is 0. The zero-order chi connectivity index (χ0) is 14.3. The maximum atomic E-state index is 10.3. The first-order chi connectivity index (χ1) is 9.61. The number of nitrogens with one attached hydrogen (secondary N) is 1. The molecule has 1 heterocycles. The van der Waals surface area contributed by atoms with Crippen LogP contribution in [0.15, 0.2) is 48.5 Å². The number of hydrogen-bond donors (Lipinski definition) is 2. The Labute approximate surface area is 122 Å². The van der Waals surface area contributed by atoms with Gasteiger partial charge in [0.2, 0.25) is 0 Å². The highest BCUT2D eigenvalue weighted by atomic mass is 35.5. The van der Waals surface area contributed by atoms with E-state index >= 15 is 0 Å². The van der Waals surface area contributed by atoms with E-state index in [0.717, 1.165) is 16.2 Å². The molecule has 0 radical (unpaired) electrons. The molecule has 0 aliphatic carbocycles. The minimum atomic E-state index is -0.615. The van der Waals surface area contributed by atoms with Gasteiger partial charge in [0.05, 0.1) is 11.1 Å². The summed E-state index contributed by atoms with van der Waals surface area (Å²) in [6.07, 6.45) is 0.696. The summed E-state index contributed by atoms with van der Waals surface area (Å²) in [5.41, 5.74) is 1.90. The zero-order valence-electron chi connectivity index (χ0n) is 11.1. The van der Waals surface area contributed by atoms with Gasteiger partial charge >= 0.3 is 0 Å². The van der Waals surface area contributed by atoms with Gasteiger partial charge in [0.25, 0.3) is 0 Å². The smallest absolute Gasteiger partial charge is 0.142 e. The van der Waals surface area contributed by atoms with Crippen LogP contribution in [0, 0.1) is 5.41 Å². The summed E-state index contributed by atoms with van der Waals surface area (Å²) in [5.74, 6) is 0.170. The average molecular weight is 287 g/mol. The largest absolute Gasteiger partial charge is 0.285 e. The minimum Gasteiger partial charge on any atom is -0.285 e. The molecular weight excluding hydrogens is 272 g/mol. The van der Waals surface area contributed by atoms with E-state index in [4.69, 9.17) is 17.0 Å². The van der Waals surface area contributed by atoms with Gasteiger partial charge in [0.1, 0.15) is 5.84 Å². The van der Waals surface area contributed by atoms with E-state index in [2.05, 4.69) is 0 Å². The number of anilines is 1. The van der Waals surface area contributed by atoms with Gasteiger partial charge in [-0.3, -0.25) is 10.6 Å². The summed E-state index contributed by atoms with van der Waals surface area (Å²) >= 11 is 6.01. The first-order valence-electron chi connectivity index (χ1n) is 6.55. The highest BCUT2D eigenvalue weighted by Crippen LogP contribution is 2.48. The molecule has 0 spiro atoms. The van der Waals surface area contributed by atoms with Gasteiger partial charge in [-0.25, -0.2) is 5.06 Å². The van der Waals surface area contributed by atoms with Crippen LogP contribution in [0.4, 0.5) is 5.69 Å². The molecule has 20 heavy (non-hydrogen) atoms. The number of fused-ring (bicyclic) bond motifs is 1. The van der Waals surface area contributed by atoms with Crippen molar-refractivity contribution < 1.29 is 5.21 Å². The number of rotatable bonds is 2. The van der Waals surface area contributed by atoms with Crippen LogP contribution in [0.25, 0.3) is 0 Å². The summed E-state index contributed by atoms with van der Waals surface area (Å²) in [6, 6.07) is 15.3. The lowest BCUT2D eigenvalue weighted by Crippen LogP contribution is -2.38. The molecule has 1 aliphatic rings. The number of nitrogens with zero attached hydrogens (tertiary/aromatic N) is 1. The maximum absolute atomic E-state index is 10.3. The molecule has 0 aromatic heterocycles. The average Bonchev–Trinajstić information content (AvgIpc) is 2.70. The number of halogens is 1. The van der Waals surface area contributed by atoms with E-state index < -0.39 is 5.41 Å². The van der Waals surface area contributed by atoms with Crippen LogP contribution in [0.3, 0.4) is 0 Å².